The SMILES string of the molecule is Cc1cc(OCl)ccc1CCCC(=O)O. The van der Waals surface area contributed by atoms with Crippen molar-refractivity contribution in [2.45, 2.75) is 26.2 Å². The molecule has 1 rings (SSSR count). The molecule has 1 N–H and O–H groups in total. The molecular formula is C11H13ClO3. The molecule has 0 saturated carbocycles. The van der Waals surface area contributed by atoms with Crippen molar-refractivity contribution in [1.29, 1.82) is 0 Å². The summed E-state index contributed by atoms with van der Waals surface area (Å²) in [5, 5.41) is 8.51. The second-order valence-electron chi connectivity index (χ2n) is 3.41. The Hall–Kier alpha value is -1.22. The van der Waals surface area contributed by atoms with Crippen molar-refractivity contribution >= 4 is 17.8 Å². The van der Waals surface area contributed by atoms with Gasteiger partial charge >= 0.3 is 5.97 Å². The van der Waals surface area contributed by atoms with Crippen LogP contribution in [0.15, 0.2) is 18.2 Å². The second-order valence-corrected chi connectivity index (χ2v) is 3.57. The summed E-state index contributed by atoms with van der Waals surface area (Å²) >= 11 is 5.22. The molecule has 0 unspecified atom stereocenters. The summed E-state index contributed by atoms with van der Waals surface area (Å²) < 4.78 is 4.57. The third kappa shape index (κ3) is 3.80. The van der Waals surface area contributed by atoms with Crippen LogP contribution in [0.25, 0.3) is 0 Å². The van der Waals surface area contributed by atoms with E-state index in [1.807, 2.05) is 19.1 Å². The highest BCUT2D eigenvalue weighted by atomic mass is 35.5. The van der Waals surface area contributed by atoms with Gasteiger partial charge < -0.3 is 9.40 Å². The van der Waals surface area contributed by atoms with Crippen molar-refractivity contribution in [3.63, 3.8) is 0 Å². The second kappa shape index (κ2) is 5.61. The maximum Gasteiger partial charge on any atom is 0.303 e. The van der Waals surface area contributed by atoms with Crippen LogP contribution in [0.2, 0.25) is 0 Å². The Morgan fingerprint density at radius 2 is 2.27 bits per heavy atom. The monoisotopic (exact) mass is 228 g/mol. The standard InChI is InChI=1S/C11H13ClO3/c1-8-7-10(15-12)6-5-9(8)3-2-4-11(13)14/h5-7H,2-4H2,1H3,(H,13,14). The van der Waals surface area contributed by atoms with E-state index < -0.39 is 5.97 Å². The summed E-state index contributed by atoms with van der Waals surface area (Å²) in [6, 6.07) is 5.52. The molecule has 4 heteroatoms. The normalized spacial score (nSPS) is 10.0. The zero-order chi connectivity index (χ0) is 11.3. The predicted molar refractivity (Wildman–Crippen MR) is 58.2 cm³/mol. The molecule has 0 atom stereocenters. The molecule has 0 radical (unpaired) electrons. The highest BCUT2D eigenvalue weighted by Gasteiger charge is 2.02. The number of aryl methyl sites for hydroxylation is 2. The van der Waals surface area contributed by atoms with Gasteiger partial charge in [0.25, 0.3) is 0 Å². The summed E-state index contributed by atoms with van der Waals surface area (Å²) in [5.74, 6) is -0.149. The third-order valence-electron chi connectivity index (χ3n) is 2.24. The minimum atomic E-state index is -0.756. The van der Waals surface area contributed by atoms with Crippen LogP contribution in [0, 0.1) is 6.92 Å². The maximum absolute atomic E-state index is 10.3. The molecule has 0 aliphatic rings. The van der Waals surface area contributed by atoms with Crippen molar-refractivity contribution in [2.24, 2.45) is 0 Å². The number of aliphatic carboxylic acids is 1. The first-order chi connectivity index (χ1) is 7.13. The fourth-order valence-electron chi connectivity index (χ4n) is 1.43. The van der Waals surface area contributed by atoms with Gasteiger partial charge in [-0.3, -0.25) is 4.79 Å². The van der Waals surface area contributed by atoms with Crippen LogP contribution in [0.4, 0.5) is 0 Å². The Labute approximate surface area is 93.8 Å². The summed E-state index contributed by atoms with van der Waals surface area (Å²) in [6.07, 6.45) is 1.62. The molecule has 0 aliphatic heterocycles. The average molecular weight is 229 g/mol. The number of hydrogen-bond acceptors (Lipinski definition) is 2. The van der Waals surface area contributed by atoms with E-state index in [4.69, 9.17) is 17.0 Å². The van der Waals surface area contributed by atoms with Gasteiger partial charge in [-0.25, -0.2) is 0 Å². The van der Waals surface area contributed by atoms with E-state index in [0.717, 1.165) is 17.5 Å². The van der Waals surface area contributed by atoms with E-state index in [-0.39, 0.29) is 6.42 Å². The number of carbonyl (C=O) groups is 1. The Morgan fingerprint density at radius 3 is 2.80 bits per heavy atom. The van der Waals surface area contributed by atoms with Gasteiger partial charge in [0.05, 0.1) is 0 Å². The van der Waals surface area contributed by atoms with Gasteiger partial charge in [0.1, 0.15) is 17.6 Å². The van der Waals surface area contributed by atoms with E-state index >= 15 is 0 Å². The van der Waals surface area contributed by atoms with E-state index in [1.165, 1.54) is 0 Å². The molecule has 0 spiro atoms. The Morgan fingerprint density at radius 1 is 1.53 bits per heavy atom. The number of benzene rings is 1. The smallest absolute Gasteiger partial charge is 0.303 e. The molecule has 0 fully saturated rings. The molecular weight excluding hydrogens is 216 g/mol. The first-order valence-corrected chi connectivity index (χ1v) is 5.04. The van der Waals surface area contributed by atoms with Crippen LogP contribution in [0.1, 0.15) is 24.0 Å². The van der Waals surface area contributed by atoms with Crippen molar-refractivity contribution in [3.05, 3.63) is 29.3 Å². The molecule has 15 heavy (non-hydrogen) atoms. The van der Waals surface area contributed by atoms with Crippen LogP contribution in [0.5, 0.6) is 5.75 Å². The lowest BCUT2D eigenvalue weighted by Crippen LogP contribution is -1.97. The minimum absolute atomic E-state index is 0.202. The van der Waals surface area contributed by atoms with Crippen LogP contribution in [0.3, 0.4) is 0 Å². The van der Waals surface area contributed by atoms with Gasteiger partial charge in [-0.2, -0.15) is 0 Å². The lowest BCUT2D eigenvalue weighted by Gasteiger charge is -2.05. The fourth-order valence-corrected chi connectivity index (χ4v) is 1.52. The third-order valence-corrected chi connectivity index (χ3v) is 2.42. The van der Waals surface area contributed by atoms with Gasteiger partial charge in [0, 0.05) is 6.42 Å². The highest BCUT2D eigenvalue weighted by Crippen LogP contribution is 2.19. The minimum Gasteiger partial charge on any atom is -0.481 e. The Bertz CT molecular complexity index is 350. The Kier molecular flexibility index (Phi) is 4.43. The van der Waals surface area contributed by atoms with E-state index in [9.17, 15) is 4.79 Å². The molecule has 0 aromatic heterocycles. The van der Waals surface area contributed by atoms with Gasteiger partial charge in [-0.1, -0.05) is 6.07 Å². The zero-order valence-electron chi connectivity index (χ0n) is 8.50. The number of halogens is 1. The van der Waals surface area contributed by atoms with Crippen LogP contribution in [-0.2, 0) is 11.2 Å². The zero-order valence-corrected chi connectivity index (χ0v) is 9.25. The molecule has 1 aromatic rings. The van der Waals surface area contributed by atoms with Crippen LogP contribution >= 0.6 is 11.9 Å². The van der Waals surface area contributed by atoms with Crippen molar-refractivity contribution in [2.75, 3.05) is 0 Å². The lowest BCUT2D eigenvalue weighted by atomic mass is 10.0. The van der Waals surface area contributed by atoms with Crippen molar-refractivity contribution in [3.8, 4) is 5.75 Å². The van der Waals surface area contributed by atoms with E-state index in [0.29, 0.717) is 12.2 Å². The van der Waals surface area contributed by atoms with Crippen LogP contribution < -0.4 is 4.29 Å². The first kappa shape index (κ1) is 11.9. The maximum atomic E-state index is 10.3. The fraction of sp³-hybridized carbons (Fsp3) is 0.364. The molecule has 1 aromatic carbocycles. The average Bonchev–Trinajstić information content (AvgIpc) is 2.20. The summed E-state index contributed by atoms with van der Waals surface area (Å²) in [7, 11) is 0. The quantitative estimate of drug-likeness (QED) is 0.843. The first-order valence-electron chi connectivity index (χ1n) is 4.73. The van der Waals surface area contributed by atoms with Gasteiger partial charge in [-0.15, -0.1) is 0 Å². The number of rotatable bonds is 5. The van der Waals surface area contributed by atoms with Gasteiger partial charge in [-0.05, 0) is 43.0 Å². The predicted octanol–water partition coefficient (Wildman–Crippen LogP) is 2.93. The van der Waals surface area contributed by atoms with Gasteiger partial charge in [0.15, 0.2) is 0 Å². The van der Waals surface area contributed by atoms with Crippen molar-refractivity contribution in [1.82, 2.24) is 0 Å². The molecule has 82 valence electrons. The molecule has 0 heterocycles. The van der Waals surface area contributed by atoms with Crippen molar-refractivity contribution < 1.29 is 14.2 Å². The Balaban J connectivity index is 2.58. The van der Waals surface area contributed by atoms with E-state index in [1.54, 1.807) is 6.07 Å². The lowest BCUT2D eigenvalue weighted by molar-refractivity contribution is -0.137. The molecule has 0 aliphatic carbocycles. The summed E-state index contributed by atoms with van der Waals surface area (Å²) in [4.78, 5) is 10.3. The molecule has 0 bridgehead atoms. The van der Waals surface area contributed by atoms with E-state index in [2.05, 4.69) is 4.29 Å². The highest BCUT2D eigenvalue weighted by molar-refractivity contribution is 6.09. The number of hydrogen-bond donors (Lipinski definition) is 1. The number of carboxylic acids is 1. The van der Waals surface area contributed by atoms with Gasteiger partial charge in [0.2, 0.25) is 0 Å². The summed E-state index contributed by atoms with van der Waals surface area (Å²) in [6.45, 7) is 1.95. The largest absolute Gasteiger partial charge is 0.481 e. The molecule has 3 nitrogen and oxygen atoms in total. The molecule has 0 saturated heterocycles. The number of carboxylic acid groups (broad SMARTS) is 1. The molecule has 0 amide bonds. The summed E-state index contributed by atoms with van der Waals surface area (Å²) in [5.41, 5.74) is 2.20. The topological polar surface area (TPSA) is 46.5 Å². The van der Waals surface area contributed by atoms with Crippen LogP contribution in [-0.4, -0.2) is 11.1 Å².